The van der Waals surface area contributed by atoms with Gasteiger partial charge in [-0.15, -0.1) is 0 Å². The van der Waals surface area contributed by atoms with E-state index in [9.17, 15) is 37.7 Å². The number of hydrogen-bond acceptors (Lipinski definition) is 7. The maximum Gasteiger partial charge on any atom is 0.416 e. The van der Waals surface area contributed by atoms with Crippen LogP contribution in [0.25, 0.3) is 0 Å². The highest BCUT2D eigenvalue weighted by molar-refractivity contribution is 5.92. The summed E-state index contributed by atoms with van der Waals surface area (Å²) in [6.45, 7) is 1.55. The van der Waals surface area contributed by atoms with Crippen LogP contribution in [0, 0.1) is 10.1 Å². The molecule has 0 fully saturated rings. The molecule has 4 rings (SSSR count). The molecule has 1 aliphatic heterocycles. The summed E-state index contributed by atoms with van der Waals surface area (Å²) < 4.78 is 40.6. The van der Waals surface area contributed by atoms with Gasteiger partial charge in [-0.1, -0.05) is 19.1 Å². The molecule has 1 aromatic heterocycles. The molecule has 1 aliphatic rings. The van der Waals surface area contributed by atoms with Gasteiger partial charge in [0.15, 0.2) is 0 Å². The smallest absolute Gasteiger partial charge is 0.375 e. The molecule has 0 saturated carbocycles. The highest BCUT2D eigenvalue weighted by atomic mass is 19.4. The number of non-ortho nitro benzene ring substituents is 1. The molecular formula is C25H23F3N6O5. The largest absolute Gasteiger partial charge is 0.416 e. The molecule has 0 spiro atoms. The number of nitrogens with one attached hydrogen (secondary N) is 2. The number of anilines is 2. The van der Waals surface area contributed by atoms with Crippen LogP contribution in [0.4, 0.5) is 30.2 Å². The first-order chi connectivity index (χ1) is 18.3. The monoisotopic (exact) mass is 544 g/mol. The van der Waals surface area contributed by atoms with Crippen LogP contribution >= 0.6 is 0 Å². The summed E-state index contributed by atoms with van der Waals surface area (Å²) >= 11 is 0. The SMILES string of the molecule is CC1CC(C(N)=O)n2c1nc(CC(=O)Nc1ccc([N+](=O)[O-])cc1)c(NCc1cccc(C(F)(F)F)c1)c2=O. The van der Waals surface area contributed by atoms with Gasteiger partial charge in [0.05, 0.1) is 22.6 Å². The molecule has 11 nitrogen and oxygen atoms in total. The third-order valence-corrected chi connectivity index (χ3v) is 6.29. The third-order valence-electron chi connectivity index (χ3n) is 6.29. The first kappa shape index (κ1) is 27.3. The van der Waals surface area contributed by atoms with Gasteiger partial charge in [0.1, 0.15) is 17.6 Å². The predicted octanol–water partition coefficient (Wildman–Crippen LogP) is 3.50. The summed E-state index contributed by atoms with van der Waals surface area (Å²) in [6.07, 6.45) is -4.74. The average Bonchev–Trinajstić information content (AvgIpc) is 3.20. The summed E-state index contributed by atoms with van der Waals surface area (Å²) in [5, 5.41) is 16.2. The van der Waals surface area contributed by atoms with Crippen molar-refractivity contribution in [2.45, 2.75) is 44.4 Å². The van der Waals surface area contributed by atoms with E-state index in [0.717, 1.165) is 16.7 Å². The van der Waals surface area contributed by atoms with Crippen molar-refractivity contribution >= 4 is 28.9 Å². The van der Waals surface area contributed by atoms with Gasteiger partial charge < -0.3 is 16.4 Å². The van der Waals surface area contributed by atoms with Crippen molar-refractivity contribution in [1.29, 1.82) is 0 Å². The number of halogens is 3. The topological polar surface area (TPSA) is 162 Å². The Hall–Kier alpha value is -4.75. The number of aromatic nitrogens is 2. The van der Waals surface area contributed by atoms with Crippen molar-refractivity contribution < 1.29 is 27.7 Å². The Kier molecular flexibility index (Phi) is 7.38. The molecule has 0 aliphatic carbocycles. The Morgan fingerprint density at radius 1 is 1.21 bits per heavy atom. The van der Waals surface area contributed by atoms with Crippen LogP contribution in [0.3, 0.4) is 0 Å². The second kappa shape index (κ2) is 10.6. The van der Waals surface area contributed by atoms with E-state index in [1.54, 1.807) is 6.92 Å². The van der Waals surface area contributed by atoms with E-state index >= 15 is 0 Å². The number of carbonyl (C=O) groups is 2. The Morgan fingerprint density at radius 3 is 2.51 bits per heavy atom. The highest BCUT2D eigenvalue weighted by Gasteiger charge is 2.36. The van der Waals surface area contributed by atoms with E-state index in [1.807, 2.05) is 0 Å². The number of rotatable bonds is 8. The minimum atomic E-state index is -4.56. The van der Waals surface area contributed by atoms with E-state index in [1.165, 1.54) is 36.4 Å². The summed E-state index contributed by atoms with van der Waals surface area (Å²) in [5.41, 5.74) is 4.13. The number of benzene rings is 2. The van der Waals surface area contributed by atoms with Crippen LogP contribution in [-0.2, 0) is 28.7 Å². The lowest BCUT2D eigenvalue weighted by atomic mass is 10.1. The van der Waals surface area contributed by atoms with Crippen LogP contribution < -0.4 is 21.9 Å². The number of hydrogen-bond donors (Lipinski definition) is 3. The summed E-state index contributed by atoms with van der Waals surface area (Å²) in [5.74, 6) is -1.41. The van der Waals surface area contributed by atoms with E-state index in [4.69, 9.17) is 5.73 Å². The number of nitrogens with zero attached hydrogens (tertiary/aromatic N) is 3. The molecular weight excluding hydrogens is 521 g/mol. The molecule has 2 amide bonds. The maximum atomic E-state index is 13.5. The molecule has 3 aromatic rings. The second-order valence-corrected chi connectivity index (χ2v) is 9.10. The molecule has 2 atom stereocenters. The first-order valence-corrected chi connectivity index (χ1v) is 11.7. The van der Waals surface area contributed by atoms with E-state index in [0.29, 0.717) is 0 Å². The van der Waals surface area contributed by atoms with Crippen molar-refractivity contribution in [1.82, 2.24) is 9.55 Å². The molecule has 0 saturated heterocycles. The lowest BCUT2D eigenvalue weighted by molar-refractivity contribution is -0.384. The van der Waals surface area contributed by atoms with E-state index in [-0.39, 0.29) is 53.0 Å². The standard InChI is InChI=1S/C25H23F3N6O5/c1-13-9-19(22(29)36)33-23(13)32-18(11-20(35)31-16-5-7-17(8-6-16)34(38)39)21(24(33)37)30-12-14-3-2-4-15(10-14)25(26,27)28/h2-8,10,13,19,30H,9,11-12H2,1H3,(H2,29,36)(H,31,35). The number of amides is 2. The lowest BCUT2D eigenvalue weighted by Gasteiger charge is -2.17. The molecule has 2 unspecified atom stereocenters. The minimum Gasteiger partial charge on any atom is -0.375 e. The Balaban J connectivity index is 1.66. The fraction of sp³-hybridized carbons (Fsp3) is 0.280. The van der Waals surface area contributed by atoms with Crippen molar-refractivity contribution in [3.05, 3.63) is 91.6 Å². The van der Waals surface area contributed by atoms with Crippen LogP contribution in [0.5, 0.6) is 0 Å². The molecule has 4 N–H and O–H groups in total. The zero-order chi connectivity index (χ0) is 28.5. The van der Waals surface area contributed by atoms with Gasteiger partial charge in [0.2, 0.25) is 11.8 Å². The number of primary amides is 1. The Labute approximate surface area is 219 Å². The summed E-state index contributed by atoms with van der Waals surface area (Å²) in [4.78, 5) is 53.1. The number of fused-ring (bicyclic) bond motifs is 1. The number of carbonyl (C=O) groups excluding carboxylic acids is 2. The summed E-state index contributed by atoms with van der Waals surface area (Å²) in [6, 6.07) is 8.66. The quantitative estimate of drug-likeness (QED) is 0.289. The van der Waals surface area contributed by atoms with Crippen LogP contribution in [0.15, 0.2) is 53.3 Å². The molecule has 14 heteroatoms. The molecule has 39 heavy (non-hydrogen) atoms. The first-order valence-electron chi connectivity index (χ1n) is 11.7. The van der Waals surface area contributed by atoms with E-state index in [2.05, 4.69) is 15.6 Å². The van der Waals surface area contributed by atoms with Crippen molar-refractivity contribution in [2.24, 2.45) is 5.73 Å². The number of alkyl halides is 3. The highest BCUT2D eigenvalue weighted by Crippen LogP contribution is 2.34. The molecule has 2 aromatic carbocycles. The van der Waals surface area contributed by atoms with Gasteiger partial charge in [-0.25, -0.2) is 4.98 Å². The van der Waals surface area contributed by atoms with Gasteiger partial charge in [0.25, 0.3) is 11.2 Å². The average molecular weight is 544 g/mol. The molecule has 0 bridgehead atoms. The molecule has 204 valence electrons. The molecule has 2 heterocycles. The van der Waals surface area contributed by atoms with Crippen LogP contribution in [-0.4, -0.2) is 26.3 Å². The predicted molar refractivity (Wildman–Crippen MR) is 134 cm³/mol. The third kappa shape index (κ3) is 5.89. The van der Waals surface area contributed by atoms with Gasteiger partial charge in [-0.3, -0.25) is 29.1 Å². The zero-order valence-corrected chi connectivity index (χ0v) is 20.5. The van der Waals surface area contributed by atoms with Crippen molar-refractivity contribution in [2.75, 3.05) is 10.6 Å². The molecule has 0 radical (unpaired) electrons. The van der Waals surface area contributed by atoms with Crippen molar-refractivity contribution in [3.63, 3.8) is 0 Å². The lowest BCUT2D eigenvalue weighted by Crippen LogP contribution is -2.35. The normalized spacial score (nSPS) is 16.4. The van der Waals surface area contributed by atoms with E-state index < -0.39 is 46.5 Å². The second-order valence-electron chi connectivity index (χ2n) is 9.10. The zero-order valence-electron chi connectivity index (χ0n) is 20.5. The fourth-order valence-electron chi connectivity index (χ4n) is 4.41. The van der Waals surface area contributed by atoms with Gasteiger partial charge in [-0.05, 0) is 36.2 Å². The van der Waals surface area contributed by atoms with Crippen molar-refractivity contribution in [3.8, 4) is 0 Å². The van der Waals surface area contributed by atoms with Crippen LogP contribution in [0.1, 0.15) is 47.9 Å². The minimum absolute atomic E-state index is 0.0228. The number of nitrogens with two attached hydrogens (primary N) is 1. The van der Waals surface area contributed by atoms with Gasteiger partial charge in [-0.2, -0.15) is 13.2 Å². The van der Waals surface area contributed by atoms with Gasteiger partial charge in [0, 0.05) is 30.3 Å². The Bertz CT molecular complexity index is 1500. The van der Waals surface area contributed by atoms with Gasteiger partial charge >= 0.3 is 6.18 Å². The summed E-state index contributed by atoms with van der Waals surface area (Å²) in [7, 11) is 0. The number of nitro benzene ring substituents is 1. The Morgan fingerprint density at radius 2 is 1.90 bits per heavy atom. The maximum absolute atomic E-state index is 13.5. The number of nitro groups is 1. The fourth-order valence-corrected chi connectivity index (χ4v) is 4.41. The van der Waals surface area contributed by atoms with Crippen LogP contribution in [0.2, 0.25) is 0 Å².